The van der Waals surface area contributed by atoms with Crippen molar-refractivity contribution in [2.75, 3.05) is 7.05 Å². The van der Waals surface area contributed by atoms with Crippen LogP contribution < -0.4 is 0 Å². The van der Waals surface area contributed by atoms with Crippen LogP contribution >= 0.6 is 0 Å². The highest BCUT2D eigenvalue weighted by Crippen LogP contribution is 2.29. The van der Waals surface area contributed by atoms with Crippen molar-refractivity contribution >= 4 is 5.91 Å². The van der Waals surface area contributed by atoms with E-state index in [4.69, 9.17) is 0 Å². The number of benzene rings is 1. The van der Waals surface area contributed by atoms with Crippen molar-refractivity contribution in [2.24, 2.45) is 0 Å². The molecule has 0 aliphatic rings. The summed E-state index contributed by atoms with van der Waals surface area (Å²) in [5, 5.41) is 13.0. The van der Waals surface area contributed by atoms with Crippen LogP contribution in [0.3, 0.4) is 0 Å². The lowest BCUT2D eigenvalue weighted by Gasteiger charge is -2.15. The number of alkyl halides is 3. The predicted octanol–water partition coefficient (Wildman–Crippen LogP) is 1.49. The number of nitrogens with zero attached hydrogens (tertiary/aromatic N) is 4. The molecular weight excluding hydrogens is 275 g/mol. The number of carbonyl (C=O) groups excluding carboxylic acids is 1. The topological polar surface area (TPSA) is 74.8 Å². The maximum atomic E-state index is 12.4. The van der Waals surface area contributed by atoms with E-state index < -0.39 is 17.6 Å². The molecule has 6 nitrogen and oxygen atoms in total. The van der Waals surface area contributed by atoms with Gasteiger partial charge < -0.3 is 4.90 Å². The Hall–Kier alpha value is -2.45. The van der Waals surface area contributed by atoms with E-state index in [0.29, 0.717) is 5.82 Å². The molecule has 0 atom stereocenters. The number of aromatic amines is 1. The molecule has 0 aliphatic carbocycles. The predicted molar refractivity (Wildman–Crippen MR) is 61.4 cm³/mol. The minimum Gasteiger partial charge on any atom is -0.334 e. The Morgan fingerprint density at radius 1 is 1.30 bits per heavy atom. The average molecular weight is 285 g/mol. The van der Waals surface area contributed by atoms with Crippen LogP contribution in [-0.2, 0) is 12.7 Å². The molecule has 20 heavy (non-hydrogen) atoms. The Kier molecular flexibility index (Phi) is 3.68. The number of tetrazole rings is 1. The fraction of sp³-hybridized carbons (Fsp3) is 0.273. The van der Waals surface area contributed by atoms with Crippen LogP contribution in [0.1, 0.15) is 21.7 Å². The zero-order valence-electron chi connectivity index (χ0n) is 10.3. The molecule has 1 amide bonds. The van der Waals surface area contributed by atoms with Gasteiger partial charge in [0.2, 0.25) is 0 Å². The summed E-state index contributed by atoms with van der Waals surface area (Å²) in [7, 11) is 1.50. The first-order chi connectivity index (χ1) is 9.38. The molecule has 1 aromatic carbocycles. The van der Waals surface area contributed by atoms with Gasteiger partial charge in [-0.05, 0) is 24.3 Å². The van der Waals surface area contributed by atoms with Crippen LogP contribution in [0.4, 0.5) is 13.2 Å². The summed E-state index contributed by atoms with van der Waals surface area (Å²) >= 11 is 0. The molecule has 1 N–H and O–H groups in total. The van der Waals surface area contributed by atoms with Crippen molar-refractivity contribution < 1.29 is 18.0 Å². The number of hydrogen-bond acceptors (Lipinski definition) is 4. The van der Waals surface area contributed by atoms with E-state index in [-0.39, 0.29) is 12.1 Å². The molecule has 0 unspecified atom stereocenters. The molecule has 2 aromatic rings. The van der Waals surface area contributed by atoms with E-state index in [9.17, 15) is 18.0 Å². The molecule has 1 aromatic heterocycles. The maximum Gasteiger partial charge on any atom is 0.416 e. The van der Waals surface area contributed by atoms with Crippen molar-refractivity contribution in [3.8, 4) is 0 Å². The third-order valence-electron chi connectivity index (χ3n) is 2.57. The maximum absolute atomic E-state index is 12.4. The quantitative estimate of drug-likeness (QED) is 0.927. The Labute approximate surface area is 111 Å². The van der Waals surface area contributed by atoms with Crippen LogP contribution in [0.25, 0.3) is 0 Å². The summed E-state index contributed by atoms with van der Waals surface area (Å²) in [6.07, 6.45) is -4.42. The lowest BCUT2D eigenvalue weighted by Crippen LogP contribution is -2.26. The molecule has 0 saturated heterocycles. The standard InChI is InChI=1S/C11H10F3N5O/c1-19(6-9-15-17-18-16-9)10(20)7-2-4-8(5-3-7)11(12,13)14/h2-5H,6H2,1H3,(H,15,16,17,18). The second kappa shape index (κ2) is 5.27. The smallest absolute Gasteiger partial charge is 0.334 e. The SMILES string of the molecule is CN(Cc1nn[nH]n1)C(=O)c1ccc(C(F)(F)F)cc1. The largest absolute Gasteiger partial charge is 0.416 e. The first-order valence-corrected chi connectivity index (χ1v) is 5.53. The van der Waals surface area contributed by atoms with E-state index in [1.165, 1.54) is 11.9 Å². The van der Waals surface area contributed by atoms with Crippen molar-refractivity contribution in [1.29, 1.82) is 0 Å². The number of halogens is 3. The number of nitrogens with one attached hydrogen (secondary N) is 1. The summed E-state index contributed by atoms with van der Waals surface area (Å²) in [5.74, 6) is -0.115. The number of H-pyrrole nitrogens is 1. The summed E-state index contributed by atoms with van der Waals surface area (Å²) < 4.78 is 37.2. The molecule has 0 saturated carbocycles. The number of aromatic nitrogens is 4. The Morgan fingerprint density at radius 2 is 1.95 bits per heavy atom. The van der Waals surface area contributed by atoms with Gasteiger partial charge in [-0.1, -0.05) is 5.21 Å². The number of hydrogen-bond donors (Lipinski definition) is 1. The van der Waals surface area contributed by atoms with Gasteiger partial charge in [0.25, 0.3) is 5.91 Å². The van der Waals surface area contributed by atoms with Crippen molar-refractivity contribution in [1.82, 2.24) is 25.5 Å². The molecule has 0 bridgehead atoms. The normalized spacial score (nSPS) is 11.4. The summed E-state index contributed by atoms with van der Waals surface area (Å²) in [4.78, 5) is 13.3. The van der Waals surface area contributed by atoms with Gasteiger partial charge >= 0.3 is 6.18 Å². The minimum atomic E-state index is -4.42. The second-order valence-electron chi connectivity index (χ2n) is 4.06. The Balaban J connectivity index is 2.09. The van der Waals surface area contributed by atoms with E-state index >= 15 is 0 Å². The molecule has 0 spiro atoms. The molecule has 2 rings (SSSR count). The van der Waals surface area contributed by atoms with Gasteiger partial charge in [-0.25, -0.2) is 0 Å². The van der Waals surface area contributed by atoms with Gasteiger partial charge in [0.1, 0.15) is 0 Å². The Bertz CT molecular complexity index is 579. The summed E-state index contributed by atoms with van der Waals surface area (Å²) in [6.45, 7) is 0.107. The number of carbonyl (C=O) groups is 1. The van der Waals surface area contributed by atoms with Gasteiger partial charge in [-0.2, -0.15) is 18.4 Å². The molecule has 0 aliphatic heterocycles. The number of rotatable bonds is 3. The average Bonchev–Trinajstić information content (AvgIpc) is 2.90. The summed E-state index contributed by atoms with van der Waals surface area (Å²) in [5.41, 5.74) is -0.640. The van der Waals surface area contributed by atoms with Crippen molar-refractivity contribution in [3.05, 3.63) is 41.2 Å². The monoisotopic (exact) mass is 285 g/mol. The van der Waals surface area contributed by atoms with E-state index in [0.717, 1.165) is 24.3 Å². The highest BCUT2D eigenvalue weighted by Gasteiger charge is 2.30. The second-order valence-corrected chi connectivity index (χ2v) is 4.06. The van der Waals surface area contributed by atoms with Gasteiger partial charge in [-0.3, -0.25) is 4.79 Å². The molecule has 106 valence electrons. The van der Waals surface area contributed by atoms with Crippen LogP contribution in [-0.4, -0.2) is 38.5 Å². The number of amides is 1. The van der Waals surface area contributed by atoms with Crippen molar-refractivity contribution in [3.63, 3.8) is 0 Å². The third kappa shape index (κ3) is 3.11. The van der Waals surface area contributed by atoms with Crippen LogP contribution in [0.5, 0.6) is 0 Å². The van der Waals surface area contributed by atoms with Gasteiger partial charge in [0, 0.05) is 12.6 Å². The minimum absolute atomic E-state index is 0.107. The fourth-order valence-electron chi connectivity index (χ4n) is 1.56. The highest BCUT2D eigenvalue weighted by molar-refractivity contribution is 5.94. The van der Waals surface area contributed by atoms with Crippen LogP contribution in [0.15, 0.2) is 24.3 Å². The van der Waals surface area contributed by atoms with Gasteiger partial charge in [-0.15, -0.1) is 10.2 Å². The third-order valence-corrected chi connectivity index (χ3v) is 2.57. The summed E-state index contributed by atoms with van der Waals surface area (Å²) in [6, 6.07) is 4.01. The highest BCUT2D eigenvalue weighted by atomic mass is 19.4. The zero-order valence-corrected chi connectivity index (χ0v) is 10.3. The van der Waals surface area contributed by atoms with Crippen LogP contribution in [0, 0.1) is 0 Å². The lowest BCUT2D eigenvalue weighted by molar-refractivity contribution is -0.137. The molecule has 9 heteroatoms. The van der Waals surface area contributed by atoms with Crippen LogP contribution in [0.2, 0.25) is 0 Å². The first-order valence-electron chi connectivity index (χ1n) is 5.53. The molecule has 0 fully saturated rings. The Morgan fingerprint density at radius 3 is 2.45 bits per heavy atom. The molecule has 1 heterocycles. The van der Waals surface area contributed by atoms with E-state index in [1.807, 2.05) is 0 Å². The van der Waals surface area contributed by atoms with Gasteiger partial charge in [0.15, 0.2) is 5.82 Å². The van der Waals surface area contributed by atoms with Gasteiger partial charge in [0.05, 0.1) is 12.1 Å². The van der Waals surface area contributed by atoms with E-state index in [2.05, 4.69) is 20.6 Å². The molecule has 0 radical (unpaired) electrons. The fourth-order valence-corrected chi connectivity index (χ4v) is 1.56. The first kappa shape index (κ1) is 14.0. The van der Waals surface area contributed by atoms with Crippen molar-refractivity contribution in [2.45, 2.75) is 12.7 Å². The lowest BCUT2D eigenvalue weighted by atomic mass is 10.1. The van der Waals surface area contributed by atoms with E-state index in [1.54, 1.807) is 0 Å². The molecular formula is C11H10F3N5O. The zero-order chi connectivity index (χ0) is 14.8.